The van der Waals surface area contributed by atoms with E-state index in [1.807, 2.05) is 12.1 Å². The molecular formula is C20H26N4O5. The molecule has 3 heterocycles. The average Bonchev–Trinajstić information content (AvgIpc) is 3.06. The van der Waals surface area contributed by atoms with Crippen LogP contribution in [-0.2, 0) is 27.4 Å². The molecule has 3 amide bonds. The Kier molecular flexibility index (Phi) is 5.39. The lowest BCUT2D eigenvalue weighted by atomic mass is 9.95. The molecule has 1 aromatic carbocycles. The van der Waals surface area contributed by atoms with Gasteiger partial charge in [0.2, 0.25) is 11.8 Å². The summed E-state index contributed by atoms with van der Waals surface area (Å²) in [5.74, 6) is -0.907. The van der Waals surface area contributed by atoms with Crippen molar-refractivity contribution < 1.29 is 24.2 Å². The summed E-state index contributed by atoms with van der Waals surface area (Å²) < 4.78 is 5.55. The third-order valence-corrected chi connectivity index (χ3v) is 6.26. The van der Waals surface area contributed by atoms with Gasteiger partial charge >= 0.3 is 0 Å². The molecule has 0 aromatic heterocycles. The normalized spacial score (nSPS) is 27.9. The van der Waals surface area contributed by atoms with Crippen molar-refractivity contribution in [2.75, 3.05) is 32.9 Å². The third-order valence-electron chi connectivity index (χ3n) is 6.26. The number of imide groups is 1. The molecule has 0 aliphatic carbocycles. The highest BCUT2D eigenvalue weighted by Gasteiger charge is 2.42. The van der Waals surface area contributed by atoms with E-state index >= 15 is 0 Å². The van der Waals surface area contributed by atoms with E-state index < -0.39 is 17.5 Å². The quantitative estimate of drug-likeness (QED) is 0.538. The number of rotatable bonds is 5. The van der Waals surface area contributed by atoms with Crippen molar-refractivity contribution in [3.63, 3.8) is 0 Å². The third kappa shape index (κ3) is 3.44. The number of amides is 3. The Bertz CT molecular complexity index is 838. The Morgan fingerprint density at radius 1 is 1.31 bits per heavy atom. The zero-order valence-corrected chi connectivity index (χ0v) is 16.2. The molecule has 4 N–H and O–H groups in total. The maximum absolute atomic E-state index is 13.0. The number of nitrogens with one attached hydrogen (secondary N) is 1. The first-order chi connectivity index (χ1) is 14.0. The highest BCUT2D eigenvalue weighted by Crippen LogP contribution is 2.32. The molecule has 3 aliphatic rings. The maximum atomic E-state index is 13.0. The van der Waals surface area contributed by atoms with Crippen LogP contribution in [0, 0.1) is 0 Å². The molecule has 0 spiro atoms. The fourth-order valence-corrected chi connectivity index (χ4v) is 4.41. The Labute approximate surface area is 168 Å². The molecule has 0 saturated carbocycles. The van der Waals surface area contributed by atoms with Crippen molar-refractivity contribution in [1.29, 1.82) is 0 Å². The summed E-state index contributed by atoms with van der Waals surface area (Å²) in [6.45, 7) is 2.55. The molecule has 1 aromatic rings. The number of nitrogens with zero attached hydrogens (tertiary/aromatic N) is 2. The molecular weight excluding hydrogens is 376 g/mol. The van der Waals surface area contributed by atoms with E-state index in [2.05, 4.69) is 10.2 Å². The summed E-state index contributed by atoms with van der Waals surface area (Å²) in [6, 6.07) is 4.94. The molecule has 3 aliphatic heterocycles. The summed E-state index contributed by atoms with van der Waals surface area (Å²) in [5.41, 5.74) is 7.76. The number of nitrogens with two attached hydrogens (primary N) is 1. The molecule has 0 radical (unpaired) electrons. The number of aliphatic hydroxyl groups is 1. The summed E-state index contributed by atoms with van der Waals surface area (Å²) in [6.07, 6.45) is 0.566. The van der Waals surface area contributed by atoms with Crippen molar-refractivity contribution in [1.82, 2.24) is 15.1 Å². The second kappa shape index (κ2) is 7.83. The van der Waals surface area contributed by atoms with Gasteiger partial charge in [0.15, 0.2) is 0 Å². The van der Waals surface area contributed by atoms with Gasteiger partial charge in [0.05, 0.1) is 25.4 Å². The lowest BCUT2D eigenvalue weighted by Gasteiger charge is -2.45. The number of benzene rings is 1. The smallest absolute Gasteiger partial charge is 0.255 e. The Balaban J connectivity index is 1.59. The molecule has 29 heavy (non-hydrogen) atoms. The van der Waals surface area contributed by atoms with Gasteiger partial charge in [-0.3, -0.25) is 24.6 Å². The van der Waals surface area contributed by atoms with E-state index in [0.29, 0.717) is 44.8 Å². The van der Waals surface area contributed by atoms with Gasteiger partial charge in [0, 0.05) is 38.2 Å². The maximum Gasteiger partial charge on any atom is 0.255 e. The summed E-state index contributed by atoms with van der Waals surface area (Å²) >= 11 is 0. The van der Waals surface area contributed by atoms with Crippen LogP contribution in [0.1, 0.15) is 34.3 Å². The Morgan fingerprint density at radius 3 is 2.86 bits per heavy atom. The summed E-state index contributed by atoms with van der Waals surface area (Å²) in [4.78, 5) is 40.4. The molecule has 9 nitrogen and oxygen atoms in total. The van der Waals surface area contributed by atoms with Crippen molar-refractivity contribution in [2.24, 2.45) is 5.73 Å². The van der Waals surface area contributed by atoms with Crippen LogP contribution in [0.5, 0.6) is 0 Å². The number of piperidine rings is 1. The molecule has 156 valence electrons. The largest absolute Gasteiger partial charge is 0.394 e. The molecule has 2 unspecified atom stereocenters. The molecule has 0 bridgehead atoms. The highest BCUT2D eigenvalue weighted by molar-refractivity contribution is 6.05. The highest BCUT2D eigenvalue weighted by atomic mass is 16.5. The van der Waals surface area contributed by atoms with E-state index in [1.165, 1.54) is 0 Å². The topological polar surface area (TPSA) is 125 Å². The van der Waals surface area contributed by atoms with Gasteiger partial charge in [-0.25, -0.2) is 0 Å². The lowest BCUT2D eigenvalue weighted by Crippen LogP contribution is -2.62. The summed E-state index contributed by atoms with van der Waals surface area (Å²) in [7, 11) is 0. The number of hydrogen-bond donors (Lipinski definition) is 3. The first kappa shape index (κ1) is 20.0. The van der Waals surface area contributed by atoms with Crippen LogP contribution in [0.3, 0.4) is 0 Å². The van der Waals surface area contributed by atoms with Gasteiger partial charge < -0.3 is 20.5 Å². The fourth-order valence-electron chi connectivity index (χ4n) is 4.41. The SMILES string of the molecule is NCC1(CO)COCCN1Cc1cccc2c1CN(C1CCC(=O)NC1=O)C2=O. The predicted octanol–water partition coefficient (Wildman–Crippen LogP) is -1.03. The predicted molar refractivity (Wildman–Crippen MR) is 103 cm³/mol. The van der Waals surface area contributed by atoms with Gasteiger partial charge in [-0.05, 0) is 23.6 Å². The van der Waals surface area contributed by atoms with E-state index in [4.69, 9.17) is 10.5 Å². The minimum absolute atomic E-state index is 0.111. The van der Waals surface area contributed by atoms with Crippen molar-refractivity contribution >= 4 is 17.7 Å². The van der Waals surface area contributed by atoms with Gasteiger partial charge in [0.1, 0.15) is 6.04 Å². The zero-order chi connectivity index (χ0) is 20.6. The number of ether oxygens (including phenoxy) is 1. The Hall–Kier alpha value is -2.33. The molecule has 9 heteroatoms. The number of aliphatic hydroxyl groups excluding tert-OH is 1. The second-order valence-corrected chi connectivity index (χ2v) is 7.90. The minimum atomic E-state index is -0.646. The fraction of sp³-hybridized carbons (Fsp3) is 0.550. The van der Waals surface area contributed by atoms with Crippen LogP contribution >= 0.6 is 0 Å². The van der Waals surface area contributed by atoms with Crippen LogP contribution in [0.25, 0.3) is 0 Å². The van der Waals surface area contributed by atoms with Crippen molar-refractivity contribution in [3.05, 3.63) is 34.9 Å². The molecule has 2 atom stereocenters. The van der Waals surface area contributed by atoms with Crippen LogP contribution in [0.4, 0.5) is 0 Å². The van der Waals surface area contributed by atoms with E-state index in [9.17, 15) is 19.5 Å². The number of morpholine rings is 1. The van der Waals surface area contributed by atoms with Crippen LogP contribution in [-0.4, -0.2) is 77.1 Å². The Morgan fingerprint density at radius 2 is 2.14 bits per heavy atom. The van der Waals surface area contributed by atoms with E-state index in [1.54, 1.807) is 11.0 Å². The molecule has 2 saturated heterocycles. The zero-order valence-electron chi connectivity index (χ0n) is 16.2. The van der Waals surface area contributed by atoms with Gasteiger partial charge in [0.25, 0.3) is 5.91 Å². The standard InChI is InChI=1S/C20H26N4O5/c21-10-20(11-25)12-29-7-6-23(20)8-13-2-1-3-14-15(13)9-24(19(14)28)16-4-5-17(26)22-18(16)27/h1-3,16,25H,4-12,21H2,(H,22,26,27). The van der Waals surface area contributed by atoms with Gasteiger partial charge in [-0.2, -0.15) is 0 Å². The first-order valence-electron chi connectivity index (χ1n) is 9.88. The average molecular weight is 402 g/mol. The van der Waals surface area contributed by atoms with Gasteiger partial charge in [-0.15, -0.1) is 0 Å². The second-order valence-electron chi connectivity index (χ2n) is 7.90. The number of carbonyl (C=O) groups excluding carboxylic acids is 3. The number of hydrogen-bond acceptors (Lipinski definition) is 7. The molecule has 2 fully saturated rings. The first-order valence-corrected chi connectivity index (χ1v) is 9.88. The van der Waals surface area contributed by atoms with Crippen molar-refractivity contribution in [3.8, 4) is 0 Å². The number of fused-ring (bicyclic) bond motifs is 1. The monoisotopic (exact) mass is 402 g/mol. The van der Waals surface area contributed by atoms with Crippen LogP contribution in [0.2, 0.25) is 0 Å². The minimum Gasteiger partial charge on any atom is -0.394 e. The van der Waals surface area contributed by atoms with Crippen molar-refractivity contribution in [2.45, 2.75) is 37.5 Å². The van der Waals surface area contributed by atoms with E-state index in [-0.39, 0.29) is 31.4 Å². The number of carbonyl (C=O) groups is 3. The van der Waals surface area contributed by atoms with Crippen LogP contribution < -0.4 is 11.1 Å². The lowest BCUT2D eigenvalue weighted by molar-refractivity contribution is -0.136. The van der Waals surface area contributed by atoms with Gasteiger partial charge in [-0.1, -0.05) is 12.1 Å². The van der Waals surface area contributed by atoms with Crippen LogP contribution in [0.15, 0.2) is 18.2 Å². The van der Waals surface area contributed by atoms with E-state index in [0.717, 1.165) is 11.1 Å². The molecule has 4 rings (SSSR count). The summed E-state index contributed by atoms with van der Waals surface area (Å²) in [5, 5.41) is 12.3.